The van der Waals surface area contributed by atoms with Gasteiger partial charge in [-0.1, -0.05) is 13.8 Å². The maximum atomic E-state index is 3.56. The minimum atomic E-state index is 0.663. The SMILES string of the molecule is CC(C)CCN1CC(C)NC(C)C1. The largest absolute Gasteiger partial charge is 0.309 e. The number of nitrogens with one attached hydrogen (secondary N) is 1. The monoisotopic (exact) mass is 184 g/mol. The molecule has 1 aliphatic heterocycles. The van der Waals surface area contributed by atoms with E-state index in [2.05, 4.69) is 37.9 Å². The van der Waals surface area contributed by atoms with Crippen LogP contribution in [0.2, 0.25) is 0 Å². The first-order valence-corrected chi connectivity index (χ1v) is 5.56. The summed E-state index contributed by atoms with van der Waals surface area (Å²) < 4.78 is 0. The van der Waals surface area contributed by atoms with Crippen LogP contribution in [0.15, 0.2) is 0 Å². The molecule has 0 aromatic carbocycles. The highest BCUT2D eigenvalue weighted by atomic mass is 15.2. The zero-order valence-corrected chi connectivity index (χ0v) is 9.51. The van der Waals surface area contributed by atoms with E-state index in [0.717, 1.165) is 5.92 Å². The van der Waals surface area contributed by atoms with Gasteiger partial charge in [-0.3, -0.25) is 0 Å². The maximum Gasteiger partial charge on any atom is 0.0169 e. The molecule has 1 rings (SSSR count). The van der Waals surface area contributed by atoms with E-state index in [0.29, 0.717) is 12.1 Å². The standard InChI is InChI=1S/C11H24N2/c1-9(2)5-6-13-7-10(3)12-11(4)8-13/h9-12H,5-8H2,1-4H3. The van der Waals surface area contributed by atoms with Crippen molar-refractivity contribution in [1.82, 2.24) is 10.2 Å². The Kier molecular flexibility index (Phi) is 4.20. The molecule has 0 saturated carbocycles. The number of piperazine rings is 1. The third-order valence-corrected chi connectivity index (χ3v) is 2.66. The van der Waals surface area contributed by atoms with Crippen molar-refractivity contribution in [3.8, 4) is 0 Å². The van der Waals surface area contributed by atoms with Crippen molar-refractivity contribution in [3.63, 3.8) is 0 Å². The van der Waals surface area contributed by atoms with Crippen LogP contribution < -0.4 is 5.32 Å². The van der Waals surface area contributed by atoms with Gasteiger partial charge in [0.2, 0.25) is 0 Å². The minimum absolute atomic E-state index is 0.663. The van der Waals surface area contributed by atoms with E-state index in [1.54, 1.807) is 0 Å². The van der Waals surface area contributed by atoms with Crippen LogP contribution in [-0.2, 0) is 0 Å². The summed E-state index contributed by atoms with van der Waals surface area (Å²) in [5.74, 6) is 0.834. The lowest BCUT2D eigenvalue weighted by Crippen LogP contribution is -2.54. The lowest BCUT2D eigenvalue weighted by atomic mass is 10.1. The zero-order valence-electron chi connectivity index (χ0n) is 9.51. The van der Waals surface area contributed by atoms with Crippen LogP contribution in [0.1, 0.15) is 34.1 Å². The van der Waals surface area contributed by atoms with E-state index < -0.39 is 0 Å². The van der Waals surface area contributed by atoms with Crippen molar-refractivity contribution in [2.45, 2.75) is 46.2 Å². The molecule has 13 heavy (non-hydrogen) atoms. The van der Waals surface area contributed by atoms with E-state index in [4.69, 9.17) is 0 Å². The number of hydrogen-bond acceptors (Lipinski definition) is 2. The molecule has 2 atom stereocenters. The highest BCUT2D eigenvalue weighted by Gasteiger charge is 2.20. The summed E-state index contributed by atoms with van der Waals surface area (Å²) in [5, 5.41) is 3.56. The van der Waals surface area contributed by atoms with Gasteiger partial charge >= 0.3 is 0 Å². The zero-order chi connectivity index (χ0) is 9.84. The molecule has 2 heteroatoms. The third kappa shape index (κ3) is 4.10. The highest BCUT2D eigenvalue weighted by Crippen LogP contribution is 2.07. The fourth-order valence-electron chi connectivity index (χ4n) is 2.06. The van der Waals surface area contributed by atoms with Crippen molar-refractivity contribution in [2.75, 3.05) is 19.6 Å². The van der Waals surface area contributed by atoms with Gasteiger partial charge in [-0.15, -0.1) is 0 Å². The second-order valence-electron chi connectivity index (χ2n) is 4.91. The molecule has 1 heterocycles. The normalized spacial score (nSPS) is 31.2. The van der Waals surface area contributed by atoms with Crippen LogP contribution in [0.4, 0.5) is 0 Å². The molecule has 0 bridgehead atoms. The highest BCUT2D eigenvalue weighted by molar-refractivity contribution is 4.80. The molecule has 0 spiro atoms. The third-order valence-electron chi connectivity index (χ3n) is 2.66. The van der Waals surface area contributed by atoms with E-state index in [1.807, 2.05) is 0 Å². The number of nitrogens with zero attached hydrogens (tertiary/aromatic N) is 1. The van der Waals surface area contributed by atoms with Gasteiger partial charge < -0.3 is 10.2 Å². The van der Waals surface area contributed by atoms with Gasteiger partial charge in [0.05, 0.1) is 0 Å². The predicted octanol–water partition coefficient (Wildman–Crippen LogP) is 1.71. The summed E-state index contributed by atoms with van der Waals surface area (Å²) in [7, 11) is 0. The molecule has 2 unspecified atom stereocenters. The molecular formula is C11H24N2. The average Bonchev–Trinajstić information content (AvgIpc) is 1.99. The van der Waals surface area contributed by atoms with Gasteiger partial charge in [0, 0.05) is 25.2 Å². The van der Waals surface area contributed by atoms with Crippen LogP contribution in [0.5, 0.6) is 0 Å². The molecule has 1 saturated heterocycles. The first kappa shape index (κ1) is 11.0. The number of rotatable bonds is 3. The molecule has 78 valence electrons. The Labute approximate surface area is 82.7 Å². The van der Waals surface area contributed by atoms with Crippen LogP contribution in [0.3, 0.4) is 0 Å². The van der Waals surface area contributed by atoms with Crippen LogP contribution >= 0.6 is 0 Å². The first-order valence-electron chi connectivity index (χ1n) is 5.56. The maximum absolute atomic E-state index is 3.56. The second kappa shape index (κ2) is 4.97. The van der Waals surface area contributed by atoms with Gasteiger partial charge in [0.15, 0.2) is 0 Å². The summed E-state index contributed by atoms with van der Waals surface area (Å²) >= 11 is 0. The molecule has 0 aliphatic carbocycles. The first-order chi connectivity index (χ1) is 6.08. The molecule has 0 aromatic heterocycles. The summed E-state index contributed by atoms with van der Waals surface area (Å²) in [6.07, 6.45) is 1.33. The molecule has 2 nitrogen and oxygen atoms in total. The van der Waals surface area contributed by atoms with Crippen molar-refractivity contribution < 1.29 is 0 Å². The van der Waals surface area contributed by atoms with E-state index >= 15 is 0 Å². The van der Waals surface area contributed by atoms with Crippen molar-refractivity contribution in [3.05, 3.63) is 0 Å². The molecular weight excluding hydrogens is 160 g/mol. The van der Waals surface area contributed by atoms with Crippen LogP contribution in [-0.4, -0.2) is 36.6 Å². The lowest BCUT2D eigenvalue weighted by molar-refractivity contribution is 0.166. The van der Waals surface area contributed by atoms with Gasteiger partial charge in [-0.05, 0) is 32.7 Å². The topological polar surface area (TPSA) is 15.3 Å². The molecule has 1 N–H and O–H groups in total. The molecule has 0 radical (unpaired) electrons. The summed E-state index contributed by atoms with van der Waals surface area (Å²) in [6, 6.07) is 1.33. The summed E-state index contributed by atoms with van der Waals surface area (Å²) in [4.78, 5) is 2.59. The minimum Gasteiger partial charge on any atom is -0.309 e. The smallest absolute Gasteiger partial charge is 0.0169 e. The Morgan fingerprint density at radius 2 is 1.77 bits per heavy atom. The average molecular weight is 184 g/mol. The fourth-order valence-corrected chi connectivity index (χ4v) is 2.06. The molecule has 1 fully saturated rings. The molecule has 1 aliphatic rings. The summed E-state index contributed by atoms with van der Waals surface area (Å²) in [5.41, 5.74) is 0. The van der Waals surface area contributed by atoms with Crippen molar-refractivity contribution in [1.29, 1.82) is 0 Å². The van der Waals surface area contributed by atoms with Gasteiger partial charge in [0.1, 0.15) is 0 Å². The second-order valence-corrected chi connectivity index (χ2v) is 4.91. The molecule has 0 aromatic rings. The van der Waals surface area contributed by atoms with Crippen LogP contribution in [0, 0.1) is 5.92 Å². The Hall–Kier alpha value is -0.0800. The van der Waals surface area contributed by atoms with Gasteiger partial charge in [0.25, 0.3) is 0 Å². The lowest BCUT2D eigenvalue weighted by Gasteiger charge is -2.36. The Bertz CT molecular complexity index is 135. The number of hydrogen-bond donors (Lipinski definition) is 1. The van der Waals surface area contributed by atoms with E-state index in [1.165, 1.54) is 26.1 Å². The Balaban J connectivity index is 2.25. The van der Waals surface area contributed by atoms with E-state index in [9.17, 15) is 0 Å². The Morgan fingerprint density at radius 3 is 2.23 bits per heavy atom. The van der Waals surface area contributed by atoms with E-state index in [-0.39, 0.29) is 0 Å². The Morgan fingerprint density at radius 1 is 1.23 bits per heavy atom. The fraction of sp³-hybridized carbons (Fsp3) is 1.00. The van der Waals surface area contributed by atoms with Gasteiger partial charge in [-0.25, -0.2) is 0 Å². The van der Waals surface area contributed by atoms with Crippen LogP contribution in [0.25, 0.3) is 0 Å². The predicted molar refractivity (Wildman–Crippen MR) is 58.0 cm³/mol. The van der Waals surface area contributed by atoms with Crippen molar-refractivity contribution >= 4 is 0 Å². The quantitative estimate of drug-likeness (QED) is 0.718. The summed E-state index contributed by atoms with van der Waals surface area (Å²) in [6.45, 7) is 12.9. The molecule has 0 amide bonds. The van der Waals surface area contributed by atoms with Crippen molar-refractivity contribution in [2.24, 2.45) is 5.92 Å². The van der Waals surface area contributed by atoms with Gasteiger partial charge in [-0.2, -0.15) is 0 Å².